The van der Waals surface area contributed by atoms with E-state index in [9.17, 15) is 4.79 Å². The Kier molecular flexibility index (Phi) is 4.07. The molecule has 0 aliphatic rings. The fourth-order valence-electron chi connectivity index (χ4n) is 2.56. The van der Waals surface area contributed by atoms with Gasteiger partial charge in [0, 0.05) is 17.5 Å². The predicted octanol–water partition coefficient (Wildman–Crippen LogP) is 3.25. The van der Waals surface area contributed by atoms with E-state index in [-0.39, 0.29) is 5.91 Å². The zero-order valence-corrected chi connectivity index (χ0v) is 12.8. The van der Waals surface area contributed by atoms with E-state index >= 15 is 0 Å². The van der Waals surface area contributed by atoms with Gasteiger partial charge in [0.15, 0.2) is 0 Å². The maximum Gasteiger partial charge on any atom is 0.226 e. The molecule has 0 spiro atoms. The molecular formula is C18H16N4O. The first-order valence-electron chi connectivity index (χ1n) is 7.38. The molecule has 5 heteroatoms. The fraction of sp³-hybridized carbons (Fsp3) is 0.167. The van der Waals surface area contributed by atoms with E-state index in [0.717, 1.165) is 16.5 Å². The van der Waals surface area contributed by atoms with Crippen molar-refractivity contribution in [1.29, 1.82) is 5.26 Å². The minimum absolute atomic E-state index is 0.0769. The van der Waals surface area contributed by atoms with Crippen LogP contribution in [0.25, 0.3) is 10.9 Å². The number of aryl methyl sites for hydroxylation is 2. The highest BCUT2D eigenvalue weighted by molar-refractivity contribution is 5.90. The Morgan fingerprint density at radius 2 is 2.04 bits per heavy atom. The lowest BCUT2D eigenvalue weighted by atomic mass is 10.2. The third-order valence-electron chi connectivity index (χ3n) is 3.71. The number of para-hydroxylation sites is 1. The fourth-order valence-corrected chi connectivity index (χ4v) is 2.56. The van der Waals surface area contributed by atoms with E-state index in [1.807, 2.05) is 42.1 Å². The van der Waals surface area contributed by atoms with E-state index in [4.69, 9.17) is 5.26 Å². The molecule has 0 saturated carbocycles. The van der Waals surface area contributed by atoms with Crippen LogP contribution < -0.4 is 5.32 Å². The van der Waals surface area contributed by atoms with Gasteiger partial charge in [-0.2, -0.15) is 10.4 Å². The maximum absolute atomic E-state index is 12.1. The van der Waals surface area contributed by atoms with Crippen LogP contribution in [0.15, 0.2) is 48.7 Å². The van der Waals surface area contributed by atoms with Gasteiger partial charge in [0.2, 0.25) is 5.91 Å². The molecule has 0 aliphatic heterocycles. The molecule has 3 rings (SSSR count). The molecular weight excluding hydrogens is 288 g/mol. The first-order chi connectivity index (χ1) is 11.2. The van der Waals surface area contributed by atoms with Crippen LogP contribution >= 0.6 is 0 Å². The minimum Gasteiger partial charge on any atom is -0.326 e. The Hall–Kier alpha value is -3.13. The molecule has 2 aromatic carbocycles. The third-order valence-corrected chi connectivity index (χ3v) is 3.71. The van der Waals surface area contributed by atoms with Gasteiger partial charge in [-0.3, -0.25) is 9.48 Å². The van der Waals surface area contributed by atoms with Crippen LogP contribution in [-0.2, 0) is 11.3 Å². The number of rotatable bonds is 4. The monoisotopic (exact) mass is 304 g/mol. The Labute approximate surface area is 134 Å². The molecule has 0 bridgehead atoms. The van der Waals surface area contributed by atoms with Crippen LogP contribution in [0.2, 0.25) is 0 Å². The Morgan fingerprint density at radius 3 is 2.78 bits per heavy atom. The summed E-state index contributed by atoms with van der Waals surface area (Å²) in [6.45, 7) is 2.56. The smallest absolute Gasteiger partial charge is 0.226 e. The molecule has 1 heterocycles. The molecule has 0 unspecified atom stereocenters. The van der Waals surface area contributed by atoms with Crippen molar-refractivity contribution in [3.8, 4) is 6.07 Å². The number of anilines is 1. The number of nitriles is 1. The lowest BCUT2D eigenvalue weighted by Crippen LogP contribution is -2.15. The molecule has 0 fully saturated rings. The van der Waals surface area contributed by atoms with Crippen molar-refractivity contribution in [3.63, 3.8) is 0 Å². The Bertz CT molecular complexity index is 888. The summed E-state index contributed by atoms with van der Waals surface area (Å²) in [5, 5.41) is 17.0. The van der Waals surface area contributed by atoms with Gasteiger partial charge in [-0.15, -0.1) is 0 Å². The van der Waals surface area contributed by atoms with Crippen LogP contribution in [0.3, 0.4) is 0 Å². The maximum atomic E-state index is 12.1. The summed E-state index contributed by atoms with van der Waals surface area (Å²) >= 11 is 0. The van der Waals surface area contributed by atoms with Crippen LogP contribution in [0.4, 0.5) is 5.69 Å². The predicted molar refractivity (Wildman–Crippen MR) is 88.9 cm³/mol. The summed E-state index contributed by atoms with van der Waals surface area (Å²) in [5.41, 5.74) is 3.48. The van der Waals surface area contributed by atoms with Crippen molar-refractivity contribution in [2.45, 2.75) is 19.9 Å². The second-order valence-corrected chi connectivity index (χ2v) is 5.37. The van der Waals surface area contributed by atoms with Crippen LogP contribution in [0, 0.1) is 18.3 Å². The summed E-state index contributed by atoms with van der Waals surface area (Å²) < 4.78 is 1.86. The van der Waals surface area contributed by atoms with Gasteiger partial charge < -0.3 is 5.32 Å². The Morgan fingerprint density at radius 1 is 1.26 bits per heavy atom. The third kappa shape index (κ3) is 3.22. The largest absolute Gasteiger partial charge is 0.326 e. The topological polar surface area (TPSA) is 70.7 Å². The van der Waals surface area contributed by atoms with E-state index in [1.54, 1.807) is 24.3 Å². The summed E-state index contributed by atoms with van der Waals surface area (Å²) in [6, 6.07) is 14.9. The average molecular weight is 304 g/mol. The lowest BCUT2D eigenvalue weighted by molar-refractivity contribution is -0.116. The molecule has 114 valence electrons. The van der Waals surface area contributed by atoms with Crippen LogP contribution in [-0.4, -0.2) is 15.7 Å². The Balaban J connectivity index is 1.65. The van der Waals surface area contributed by atoms with Gasteiger partial charge in [0.05, 0.1) is 29.9 Å². The lowest BCUT2D eigenvalue weighted by Gasteiger charge is -2.07. The van der Waals surface area contributed by atoms with Gasteiger partial charge in [0.25, 0.3) is 0 Å². The van der Waals surface area contributed by atoms with E-state index < -0.39 is 0 Å². The number of carbonyl (C=O) groups excluding carboxylic acids is 1. The molecule has 3 aromatic rings. The molecule has 0 radical (unpaired) electrons. The second-order valence-electron chi connectivity index (χ2n) is 5.37. The first-order valence-corrected chi connectivity index (χ1v) is 7.38. The molecule has 0 atom stereocenters. The molecule has 1 aromatic heterocycles. The number of hydrogen-bond acceptors (Lipinski definition) is 3. The van der Waals surface area contributed by atoms with Gasteiger partial charge in [-0.1, -0.05) is 18.2 Å². The minimum atomic E-state index is -0.0769. The van der Waals surface area contributed by atoms with Crippen molar-refractivity contribution in [2.75, 3.05) is 5.32 Å². The number of fused-ring (bicyclic) bond motifs is 1. The number of carbonyl (C=O) groups is 1. The van der Waals surface area contributed by atoms with Gasteiger partial charge in [-0.25, -0.2) is 0 Å². The number of nitrogens with one attached hydrogen (secondary N) is 1. The average Bonchev–Trinajstić information content (AvgIpc) is 2.98. The van der Waals surface area contributed by atoms with Crippen LogP contribution in [0.5, 0.6) is 0 Å². The number of aromatic nitrogens is 2. The van der Waals surface area contributed by atoms with E-state index in [0.29, 0.717) is 24.2 Å². The number of benzene rings is 2. The zero-order chi connectivity index (χ0) is 16.2. The van der Waals surface area contributed by atoms with Crippen molar-refractivity contribution in [1.82, 2.24) is 9.78 Å². The zero-order valence-electron chi connectivity index (χ0n) is 12.8. The first kappa shape index (κ1) is 14.8. The van der Waals surface area contributed by atoms with Crippen molar-refractivity contribution < 1.29 is 4.79 Å². The highest BCUT2D eigenvalue weighted by Gasteiger charge is 2.08. The molecule has 0 saturated heterocycles. The van der Waals surface area contributed by atoms with Crippen molar-refractivity contribution >= 4 is 22.5 Å². The number of hydrogen-bond donors (Lipinski definition) is 1. The highest BCUT2D eigenvalue weighted by Crippen LogP contribution is 2.18. The van der Waals surface area contributed by atoms with Gasteiger partial charge >= 0.3 is 0 Å². The van der Waals surface area contributed by atoms with E-state index in [1.165, 1.54) is 0 Å². The summed E-state index contributed by atoms with van der Waals surface area (Å²) in [7, 11) is 0. The molecule has 1 N–H and O–H groups in total. The molecule has 1 amide bonds. The van der Waals surface area contributed by atoms with Gasteiger partial charge in [-0.05, 0) is 36.8 Å². The molecule has 0 aliphatic carbocycles. The number of nitrogens with zero attached hydrogens (tertiary/aromatic N) is 3. The quantitative estimate of drug-likeness (QED) is 0.804. The summed E-state index contributed by atoms with van der Waals surface area (Å²) in [4.78, 5) is 12.1. The SMILES string of the molecule is Cc1cccc2cnn(CCC(=O)Nc3ccc(C#N)cc3)c12. The standard InChI is InChI=1S/C18H16N4O/c1-13-3-2-4-15-12-20-22(18(13)15)10-9-17(23)21-16-7-5-14(11-19)6-8-16/h2-8,12H,9-10H2,1H3,(H,21,23). The van der Waals surface area contributed by atoms with Crippen molar-refractivity contribution in [2.24, 2.45) is 0 Å². The summed E-state index contributed by atoms with van der Waals surface area (Å²) in [5.74, 6) is -0.0769. The highest BCUT2D eigenvalue weighted by atomic mass is 16.1. The molecule has 5 nitrogen and oxygen atoms in total. The van der Waals surface area contributed by atoms with Gasteiger partial charge in [0.1, 0.15) is 0 Å². The number of amides is 1. The van der Waals surface area contributed by atoms with E-state index in [2.05, 4.69) is 10.4 Å². The van der Waals surface area contributed by atoms with Crippen LogP contribution in [0.1, 0.15) is 17.5 Å². The van der Waals surface area contributed by atoms with Crippen molar-refractivity contribution in [3.05, 3.63) is 59.8 Å². The normalized spacial score (nSPS) is 10.4. The summed E-state index contributed by atoms with van der Waals surface area (Å²) in [6.07, 6.45) is 2.16. The second kappa shape index (κ2) is 6.32. The molecule has 23 heavy (non-hydrogen) atoms.